The van der Waals surface area contributed by atoms with Gasteiger partial charge in [-0.15, -0.1) is 11.3 Å². The Kier molecular flexibility index (Phi) is 4.01. The lowest BCUT2D eigenvalue weighted by molar-refractivity contribution is 0.703. The van der Waals surface area contributed by atoms with Crippen LogP contribution in [0.25, 0.3) is 0 Å². The molecule has 17 heavy (non-hydrogen) atoms. The molecule has 0 saturated heterocycles. The second kappa shape index (κ2) is 5.32. The monoisotopic (exact) mass is 377 g/mol. The van der Waals surface area contributed by atoms with Crippen LogP contribution in [0.15, 0.2) is 31.4 Å². The van der Waals surface area contributed by atoms with Crippen LogP contribution < -0.4 is 10.9 Å². The number of anilines is 1. The van der Waals surface area contributed by atoms with Gasteiger partial charge in [-0.3, -0.25) is 4.79 Å². The number of halogens is 2. The summed E-state index contributed by atoms with van der Waals surface area (Å²) in [6, 6.07) is 2.04. The molecule has 0 atom stereocenters. The van der Waals surface area contributed by atoms with E-state index in [-0.39, 0.29) is 5.56 Å². The summed E-state index contributed by atoms with van der Waals surface area (Å²) in [6.07, 6.45) is 1.63. The highest BCUT2D eigenvalue weighted by molar-refractivity contribution is 9.10. The zero-order valence-electron chi connectivity index (χ0n) is 8.91. The molecule has 0 saturated carbocycles. The Morgan fingerprint density at radius 1 is 1.53 bits per heavy atom. The van der Waals surface area contributed by atoms with Crippen LogP contribution in [0.4, 0.5) is 5.69 Å². The second-order valence-electron chi connectivity index (χ2n) is 3.39. The van der Waals surface area contributed by atoms with Crippen LogP contribution in [-0.2, 0) is 13.6 Å². The molecule has 90 valence electrons. The summed E-state index contributed by atoms with van der Waals surface area (Å²) in [4.78, 5) is 12.8. The normalized spacial score (nSPS) is 10.5. The summed E-state index contributed by atoms with van der Waals surface area (Å²) in [6.45, 7) is 0.670. The van der Waals surface area contributed by atoms with Crippen LogP contribution in [0.3, 0.4) is 0 Å². The number of rotatable bonds is 3. The summed E-state index contributed by atoms with van der Waals surface area (Å²) in [5.41, 5.74) is 0.556. The summed E-state index contributed by atoms with van der Waals surface area (Å²) < 4.78 is 2.86. The van der Waals surface area contributed by atoms with Gasteiger partial charge in [0.2, 0.25) is 0 Å². The zero-order valence-corrected chi connectivity index (χ0v) is 12.9. The summed E-state index contributed by atoms with van der Waals surface area (Å²) in [5, 5.41) is 9.16. The Labute approximate surface area is 119 Å². The van der Waals surface area contributed by atoms with Crippen molar-refractivity contribution in [3.05, 3.63) is 41.8 Å². The van der Waals surface area contributed by atoms with Gasteiger partial charge in [0.05, 0.1) is 11.9 Å². The molecule has 0 spiro atoms. The molecule has 0 aliphatic rings. The van der Waals surface area contributed by atoms with E-state index >= 15 is 0 Å². The number of nitrogens with one attached hydrogen (secondary N) is 1. The lowest BCUT2D eigenvalue weighted by atomic mass is 10.4. The minimum absolute atomic E-state index is 0.151. The van der Waals surface area contributed by atoms with Crippen LogP contribution in [0, 0.1) is 0 Å². The minimum Gasteiger partial charge on any atom is -0.378 e. The van der Waals surface area contributed by atoms with Gasteiger partial charge < -0.3 is 5.32 Å². The summed E-state index contributed by atoms with van der Waals surface area (Å²) in [7, 11) is 1.62. The molecule has 0 unspecified atom stereocenters. The quantitative estimate of drug-likeness (QED) is 0.892. The first-order valence-electron chi connectivity index (χ1n) is 4.76. The molecule has 1 N–H and O–H groups in total. The van der Waals surface area contributed by atoms with E-state index in [4.69, 9.17) is 0 Å². The number of hydrogen-bond acceptors (Lipinski definition) is 4. The highest BCUT2D eigenvalue weighted by Crippen LogP contribution is 2.22. The first-order chi connectivity index (χ1) is 8.08. The van der Waals surface area contributed by atoms with Crippen molar-refractivity contribution >= 4 is 48.9 Å². The SMILES string of the molecule is Cn1ncc(NCc2cc(Br)cs2)c(Br)c1=O. The van der Waals surface area contributed by atoms with Gasteiger partial charge in [0.1, 0.15) is 4.47 Å². The van der Waals surface area contributed by atoms with Crippen molar-refractivity contribution in [3.8, 4) is 0 Å². The van der Waals surface area contributed by atoms with Gasteiger partial charge in [0, 0.05) is 28.3 Å². The molecule has 2 aromatic rings. The highest BCUT2D eigenvalue weighted by Gasteiger charge is 2.06. The van der Waals surface area contributed by atoms with E-state index in [1.54, 1.807) is 24.6 Å². The van der Waals surface area contributed by atoms with Crippen LogP contribution in [0.1, 0.15) is 4.88 Å². The number of thiophene rings is 1. The van der Waals surface area contributed by atoms with Gasteiger partial charge in [0.15, 0.2) is 0 Å². The second-order valence-corrected chi connectivity index (χ2v) is 6.09. The van der Waals surface area contributed by atoms with Crippen molar-refractivity contribution < 1.29 is 0 Å². The van der Waals surface area contributed by atoms with E-state index in [0.717, 1.165) is 4.47 Å². The molecule has 4 nitrogen and oxygen atoms in total. The third-order valence-electron chi connectivity index (χ3n) is 2.15. The van der Waals surface area contributed by atoms with Crippen molar-refractivity contribution in [2.45, 2.75) is 6.54 Å². The number of aryl methyl sites for hydroxylation is 1. The van der Waals surface area contributed by atoms with Crippen molar-refractivity contribution in [1.29, 1.82) is 0 Å². The van der Waals surface area contributed by atoms with Crippen molar-refractivity contribution in [3.63, 3.8) is 0 Å². The Morgan fingerprint density at radius 2 is 2.29 bits per heavy atom. The van der Waals surface area contributed by atoms with E-state index in [0.29, 0.717) is 16.7 Å². The Morgan fingerprint density at radius 3 is 2.94 bits per heavy atom. The molecule has 7 heteroatoms. The smallest absolute Gasteiger partial charge is 0.282 e. The Hall–Kier alpha value is -0.660. The molecule has 0 fully saturated rings. The predicted octanol–water partition coefficient (Wildman–Crippen LogP) is 2.98. The van der Waals surface area contributed by atoms with Gasteiger partial charge in [-0.25, -0.2) is 4.68 Å². The fraction of sp³-hybridized carbons (Fsp3) is 0.200. The summed E-state index contributed by atoms with van der Waals surface area (Å²) in [5.74, 6) is 0. The average Bonchev–Trinajstić information content (AvgIpc) is 2.71. The maximum Gasteiger partial charge on any atom is 0.282 e. The van der Waals surface area contributed by atoms with Crippen molar-refractivity contribution in [2.75, 3.05) is 5.32 Å². The summed E-state index contributed by atoms with van der Waals surface area (Å²) >= 11 is 8.32. The lowest BCUT2D eigenvalue weighted by Gasteiger charge is -2.07. The lowest BCUT2D eigenvalue weighted by Crippen LogP contribution is -2.21. The molecular formula is C10H9Br2N3OS. The fourth-order valence-electron chi connectivity index (χ4n) is 1.26. The maximum atomic E-state index is 11.6. The largest absolute Gasteiger partial charge is 0.378 e. The molecule has 0 bridgehead atoms. The Balaban J connectivity index is 2.15. The van der Waals surface area contributed by atoms with E-state index in [9.17, 15) is 4.79 Å². The maximum absolute atomic E-state index is 11.6. The third-order valence-corrected chi connectivity index (χ3v) is 4.62. The molecule has 0 aliphatic carbocycles. The van der Waals surface area contributed by atoms with E-state index in [1.165, 1.54) is 9.56 Å². The van der Waals surface area contributed by atoms with Crippen LogP contribution in [-0.4, -0.2) is 9.78 Å². The third kappa shape index (κ3) is 2.97. The molecule has 2 heterocycles. The topological polar surface area (TPSA) is 46.9 Å². The van der Waals surface area contributed by atoms with Crippen molar-refractivity contribution in [2.24, 2.45) is 7.05 Å². The van der Waals surface area contributed by atoms with E-state index < -0.39 is 0 Å². The van der Waals surface area contributed by atoms with Crippen LogP contribution >= 0.6 is 43.2 Å². The molecule has 0 amide bonds. The molecule has 2 rings (SSSR count). The predicted molar refractivity (Wildman–Crippen MR) is 76.5 cm³/mol. The van der Waals surface area contributed by atoms with E-state index in [2.05, 4.69) is 42.3 Å². The first kappa shape index (κ1) is 12.8. The van der Waals surface area contributed by atoms with Gasteiger partial charge in [0.25, 0.3) is 5.56 Å². The Bertz CT molecular complexity index is 593. The van der Waals surface area contributed by atoms with Gasteiger partial charge in [-0.1, -0.05) is 0 Å². The van der Waals surface area contributed by atoms with Gasteiger partial charge >= 0.3 is 0 Å². The minimum atomic E-state index is -0.151. The standard InChI is InChI=1S/C10H9Br2N3OS/c1-15-10(16)9(12)8(4-14-15)13-3-7-2-6(11)5-17-7/h2,4-5,13H,3H2,1H3. The number of nitrogens with zero attached hydrogens (tertiary/aromatic N) is 2. The van der Waals surface area contributed by atoms with Gasteiger partial charge in [-0.05, 0) is 37.9 Å². The molecule has 0 aliphatic heterocycles. The number of hydrogen-bond donors (Lipinski definition) is 1. The highest BCUT2D eigenvalue weighted by atomic mass is 79.9. The zero-order chi connectivity index (χ0) is 12.4. The molecule has 0 radical (unpaired) electrons. The van der Waals surface area contributed by atoms with Crippen LogP contribution in [0.5, 0.6) is 0 Å². The molecule has 0 aromatic carbocycles. The van der Waals surface area contributed by atoms with Crippen LogP contribution in [0.2, 0.25) is 0 Å². The number of aromatic nitrogens is 2. The van der Waals surface area contributed by atoms with E-state index in [1.807, 2.05) is 11.4 Å². The average molecular weight is 379 g/mol. The van der Waals surface area contributed by atoms with Crippen molar-refractivity contribution in [1.82, 2.24) is 9.78 Å². The fourth-order valence-corrected chi connectivity index (χ4v) is 3.15. The van der Waals surface area contributed by atoms with Gasteiger partial charge in [-0.2, -0.15) is 5.10 Å². The molecule has 2 aromatic heterocycles. The molecular weight excluding hydrogens is 370 g/mol. The first-order valence-corrected chi connectivity index (χ1v) is 7.23.